The van der Waals surface area contributed by atoms with Crippen LogP contribution in [0.25, 0.3) is 0 Å². The highest BCUT2D eigenvalue weighted by atomic mass is 19.1. The second-order valence-corrected chi connectivity index (χ2v) is 5.85. The van der Waals surface area contributed by atoms with E-state index in [0.717, 1.165) is 0 Å². The third-order valence-electron chi connectivity index (χ3n) is 3.81. The molecule has 0 saturated heterocycles. The van der Waals surface area contributed by atoms with Gasteiger partial charge in [0.15, 0.2) is 0 Å². The largest absolute Gasteiger partial charge is 0.392 e. The average Bonchev–Trinajstić information content (AvgIpc) is 2.58. The molecule has 25 heavy (non-hydrogen) atoms. The van der Waals surface area contributed by atoms with Crippen LogP contribution in [-0.2, 0) is 11.3 Å². The molecule has 0 fully saturated rings. The first-order valence-electron chi connectivity index (χ1n) is 8.17. The Morgan fingerprint density at radius 1 is 1.12 bits per heavy atom. The molecule has 4 nitrogen and oxygen atoms in total. The van der Waals surface area contributed by atoms with Crippen molar-refractivity contribution in [2.24, 2.45) is 0 Å². The topological polar surface area (TPSA) is 52.6 Å². The fourth-order valence-electron chi connectivity index (χ4n) is 2.44. The first-order valence-corrected chi connectivity index (χ1v) is 8.17. The molecule has 2 aromatic rings. The van der Waals surface area contributed by atoms with Crippen LogP contribution in [-0.4, -0.2) is 35.1 Å². The Balaban J connectivity index is 2.06. The summed E-state index contributed by atoms with van der Waals surface area (Å²) in [6, 6.07) is 12.2. The van der Waals surface area contributed by atoms with Crippen molar-refractivity contribution in [3.05, 3.63) is 65.7 Å². The third kappa shape index (κ3) is 5.92. The molecule has 0 aliphatic carbocycles. The van der Waals surface area contributed by atoms with E-state index in [-0.39, 0.29) is 31.1 Å². The van der Waals surface area contributed by atoms with Crippen LogP contribution in [0.5, 0.6) is 0 Å². The molecule has 1 amide bonds. The van der Waals surface area contributed by atoms with Crippen molar-refractivity contribution in [1.29, 1.82) is 0 Å². The molecule has 0 aliphatic heterocycles. The molecule has 2 N–H and O–H groups in total. The molecular weight excluding hydrogens is 326 g/mol. The van der Waals surface area contributed by atoms with E-state index >= 15 is 0 Å². The number of hydrogen-bond donors (Lipinski definition) is 2. The van der Waals surface area contributed by atoms with Crippen molar-refractivity contribution in [2.45, 2.75) is 26.0 Å². The molecule has 0 radical (unpaired) electrons. The standard InChI is InChI=1S/C19H22F2N2O2/c1-2-15(24)12-23(11-14-7-3-4-8-16(14)20)13-19(25)22-18-10-6-5-9-17(18)21/h3-10,15,24H,2,11-13H2,1H3,(H,22,25)/t15-/m1/s1. The number of halogens is 2. The van der Waals surface area contributed by atoms with Crippen LogP contribution in [0, 0.1) is 11.6 Å². The van der Waals surface area contributed by atoms with Crippen LogP contribution in [0.15, 0.2) is 48.5 Å². The number of aliphatic hydroxyl groups excluding tert-OH is 1. The Labute approximate surface area is 146 Å². The molecule has 0 heterocycles. The quantitative estimate of drug-likeness (QED) is 0.770. The summed E-state index contributed by atoms with van der Waals surface area (Å²) >= 11 is 0. The van der Waals surface area contributed by atoms with Gasteiger partial charge in [0.25, 0.3) is 0 Å². The van der Waals surface area contributed by atoms with Crippen LogP contribution < -0.4 is 5.32 Å². The zero-order valence-corrected chi connectivity index (χ0v) is 14.1. The summed E-state index contributed by atoms with van der Waals surface area (Å²) in [5.41, 5.74) is 0.527. The number of nitrogens with zero attached hydrogens (tertiary/aromatic N) is 1. The highest BCUT2D eigenvalue weighted by Crippen LogP contribution is 2.14. The SMILES string of the molecule is CC[C@@H](O)CN(CC(=O)Nc1ccccc1F)Cc1ccccc1F. The van der Waals surface area contributed by atoms with Crippen molar-refractivity contribution in [3.63, 3.8) is 0 Å². The predicted molar refractivity (Wildman–Crippen MR) is 93.0 cm³/mol. The van der Waals surface area contributed by atoms with Crippen molar-refractivity contribution in [1.82, 2.24) is 4.90 Å². The highest BCUT2D eigenvalue weighted by molar-refractivity contribution is 5.92. The number of carbonyl (C=O) groups excluding carboxylic acids is 1. The lowest BCUT2D eigenvalue weighted by Gasteiger charge is -2.24. The molecule has 0 aliphatic rings. The zero-order chi connectivity index (χ0) is 18.2. The average molecular weight is 348 g/mol. The maximum absolute atomic E-state index is 13.9. The lowest BCUT2D eigenvalue weighted by Crippen LogP contribution is -2.38. The van der Waals surface area contributed by atoms with E-state index in [1.165, 1.54) is 24.3 Å². The molecule has 0 unspecified atom stereocenters. The number of amides is 1. The van der Waals surface area contributed by atoms with Crippen LogP contribution in [0.1, 0.15) is 18.9 Å². The van der Waals surface area contributed by atoms with Gasteiger partial charge >= 0.3 is 0 Å². The van der Waals surface area contributed by atoms with Crippen molar-refractivity contribution < 1.29 is 18.7 Å². The summed E-state index contributed by atoms with van der Waals surface area (Å²) < 4.78 is 27.5. The molecular formula is C19H22F2N2O2. The minimum atomic E-state index is -0.631. The number of hydrogen-bond acceptors (Lipinski definition) is 3. The van der Waals surface area contributed by atoms with Crippen molar-refractivity contribution in [3.8, 4) is 0 Å². The molecule has 0 aromatic heterocycles. The van der Waals surface area contributed by atoms with Gasteiger partial charge in [-0.25, -0.2) is 8.78 Å². The zero-order valence-electron chi connectivity index (χ0n) is 14.1. The van der Waals surface area contributed by atoms with Crippen LogP contribution in [0.3, 0.4) is 0 Å². The van der Waals surface area contributed by atoms with E-state index in [0.29, 0.717) is 12.0 Å². The van der Waals surface area contributed by atoms with Crippen molar-refractivity contribution >= 4 is 11.6 Å². The highest BCUT2D eigenvalue weighted by Gasteiger charge is 2.17. The fraction of sp³-hybridized carbons (Fsp3) is 0.316. The summed E-state index contributed by atoms with van der Waals surface area (Å²) in [7, 11) is 0. The molecule has 0 bridgehead atoms. The van der Waals surface area contributed by atoms with E-state index in [1.54, 1.807) is 29.2 Å². The van der Waals surface area contributed by atoms with Crippen LogP contribution in [0.2, 0.25) is 0 Å². The Morgan fingerprint density at radius 3 is 2.40 bits per heavy atom. The van der Waals surface area contributed by atoms with E-state index in [4.69, 9.17) is 0 Å². The van der Waals surface area contributed by atoms with Gasteiger partial charge < -0.3 is 10.4 Å². The van der Waals surface area contributed by atoms with Gasteiger partial charge in [0.1, 0.15) is 11.6 Å². The monoisotopic (exact) mass is 348 g/mol. The molecule has 2 rings (SSSR count). The lowest BCUT2D eigenvalue weighted by molar-refractivity contribution is -0.117. The number of carbonyl (C=O) groups is 1. The number of anilines is 1. The lowest BCUT2D eigenvalue weighted by atomic mass is 10.1. The van der Waals surface area contributed by atoms with Gasteiger partial charge in [0.2, 0.25) is 5.91 Å². The Bertz CT molecular complexity index is 709. The minimum absolute atomic E-state index is 0.0836. The number of rotatable bonds is 8. The van der Waals surface area contributed by atoms with E-state index in [9.17, 15) is 18.7 Å². The normalized spacial score (nSPS) is 12.2. The van der Waals surface area contributed by atoms with Gasteiger partial charge in [-0.05, 0) is 24.6 Å². The number of aliphatic hydroxyl groups is 1. The summed E-state index contributed by atoms with van der Waals surface area (Å²) in [6.07, 6.45) is -0.115. The van der Waals surface area contributed by atoms with Gasteiger partial charge in [0.05, 0.1) is 18.3 Å². The number of nitrogens with one attached hydrogen (secondary N) is 1. The smallest absolute Gasteiger partial charge is 0.238 e. The first-order chi connectivity index (χ1) is 12.0. The van der Waals surface area contributed by atoms with Crippen LogP contribution in [0.4, 0.5) is 14.5 Å². The summed E-state index contributed by atoms with van der Waals surface area (Å²) in [5.74, 6) is -1.32. The fourth-order valence-corrected chi connectivity index (χ4v) is 2.44. The molecule has 6 heteroatoms. The maximum atomic E-state index is 13.9. The van der Waals surface area contributed by atoms with Gasteiger partial charge in [0, 0.05) is 18.7 Å². The first kappa shape index (κ1) is 19.0. The molecule has 0 saturated carbocycles. The van der Waals surface area contributed by atoms with Crippen LogP contribution >= 0.6 is 0 Å². The van der Waals surface area contributed by atoms with E-state index in [2.05, 4.69) is 5.32 Å². The second kappa shape index (κ2) is 9.25. The minimum Gasteiger partial charge on any atom is -0.392 e. The number of para-hydroxylation sites is 1. The Hall–Kier alpha value is -2.31. The van der Waals surface area contributed by atoms with Gasteiger partial charge in [-0.15, -0.1) is 0 Å². The van der Waals surface area contributed by atoms with E-state index in [1.807, 2.05) is 6.92 Å². The molecule has 0 spiro atoms. The Morgan fingerprint density at radius 2 is 1.76 bits per heavy atom. The number of benzene rings is 2. The molecule has 134 valence electrons. The van der Waals surface area contributed by atoms with Gasteiger partial charge in [-0.2, -0.15) is 0 Å². The Kier molecular flexibility index (Phi) is 7.03. The molecule has 1 atom stereocenters. The second-order valence-electron chi connectivity index (χ2n) is 5.85. The van der Waals surface area contributed by atoms with E-state index < -0.39 is 17.8 Å². The summed E-state index contributed by atoms with van der Waals surface area (Å²) in [4.78, 5) is 13.9. The van der Waals surface area contributed by atoms with Crippen molar-refractivity contribution in [2.75, 3.05) is 18.4 Å². The third-order valence-corrected chi connectivity index (χ3v) is 3.81. The van der Waals surface area contributed by atoms with Gasteiger partial charge in [-0.1, -0.05) is 37.3 Å². The van der Waals surface area contributed by atoms with Gasteiger partial charge in [-0.3, -0.25) is 9.69 Å². The summed E-state index contributed by atoms with van der Waals surface area (Å²) in [6.45, 7) is 2.13. The molecule has 2 aromatic carbocycles. The predicted octanol–water partition coefficient (Wildman–Crippen LogP) is 3.18. The maximum Gasteiger partial charge on any atom is 0.238 e. The summed E-state index contributed by atoms with van der Waals surface area (Å²) in [5, 5.41) is 12.4.